The van der Waals surface area contributed by atoms with Crippen molar-refractivity contribution in [2.45, 2.75) is 30.7 Å². The van der Waals surface area contributed by atoms with E-state index in [2.05, 4.69) is 5.32 Å². The maximum Gasteiger partial charge on any atom is 0.490 e. The topological polar surface area (TPSA) is 99.2 Å². The number of ether oxygens (including phenoxy) is 1. The first-order valence-electron chi connectivity index (χ1n) is 9.75. The Morgan fingerprint density at radius 3 is 2.25 bits per heavy atom. The lowest BCUT2D eigenvalue weighted by molar-refractivity contribution is -0.201. The molecule has 2 saturated heterocycles. The first-order chi connectivity index (χ1) is 14.9. The van der Waals surface area contributed by atoms with Crippen LogP contribution >= 0.6 is 11.6 Å². The van der Waals surface area contributed by atoms with Gasteiger partial charge in [-0.25, -0.2) is 4.79 Å². The molecule has 12 heteroatoms. The average Bonchev–Trinajstić information content (AvgIpc) is 2.70. The number of benzene rings is 1. The second kappa shape index (κ2) is 10.5. The van der Waals surface area contributed by atoms with Gasteiger partial charge in [0.2, 0.25) is 11.8 Å². The fourth-order valence-corrected chi connectivity index (χ4v) is 3.64. The molecule has 0 aromatic heterocycles. The largest absolute Gasteiger partial charge is 0.490 e. The molecule has 1 spiro atoms. The molecule has 178 valence electrons. The molecule has 0 bridgehead atoms. The molecule has 1 atom stereocenters. The quantitative estimate of drug-likeness (QED) is 0.680. The van der Waals surface area contributed by atoms with Crippen LogP contribution in [0.25, 0.3) is 0 Å². The lowest BCUT2D eigenvalue weighted by atomic mass is 9.90. The Labute approximate surface area is 188 Å². The molecule has 2 amide bonds. The maximum atomic E-state index is 12.4. The predicted octanol–water partition coefficient (Wildman–Crippen LogP) is 1.56. The van der Waals surface area contributed by atoms with Gasteiger partial charge in [0.1, 0.15) is 11.6 Å². The van der Waals surface area contributed by atoms with E-state index in [1.807, 2.05) is 41.1 Å². The molecule has 2 N–H and O–H groups in total. The number of amides is 2. The second-order valence-corrected chi connectivity index (χ2v) is 8.15. The maximum absolute atomic E-state index is 12.4. The minimum absolute atomic E-state index is 0.0347. The number of carbonyl (C=O) groups excluding carboxylic acids is 2. The standard InChI is InChI=1S/C18H24ClN3O3.C2HF3O2/c1-20-17(24)15-9-25-18(10-21(15)2)11-22(12-18)16(23)8-5-13-3-6-14(19)7-4-13;3-2(4,5)1(6)7/h3-4,6-7,15H,5,8-12H2,1-2H3,(H,20,24);(H,6,7). The van der Waals surface area contributed by atoms with Crippen molar-refractivity contribution < 1.29 is 37.4 Å². The molecule has 2 aliphatic heterocycles. The molecule has 0 radical (unpaired) electrons. The molecule has 2 fully saturated rings. The van der Waals surface area contributed by atoms with Crippen molar-refractivity contribution in [1.29, 1.82) is 0 Å². The van der Waals surface area contributed by atoms with Crippen molar-refractivity contribution in [3.05, 3.63) is 34.9 Å². The highest BCUT2D eigenvalue weighted by Crippen LogP contribution is 2.31. The highest BCUT2D eigenvalue weighted by molar-refractivity contribution is 6.30. The second-order valence-electron chi connectivity index (χ2n) is 7.72. The molecule has 32 heavy (non-hydrogen) atoms. The number of likely N-dealkylation sites (N-methyl/N-ethyl adjacent to an activating group) is 2. The van der Waals surface area contributed by atoms with Crippen LogP contribution in [0.3, 0.4) is 0 Å². The van der Waals surface area contributed by atoms with E-state index in [4.69, 9.17) is 26.2 Å². The van der Waals surface area contributed by atoms with Crippen molar-refractivity contribution in [1.82, 2.24) is 15.1 Å². The van der Waals surface area contributed by atoms with Crippen LogP contribution in [0, 0.1) is 0 Å². The number of halogens is 4. The number of likely N-dealkylation sites (tertiary alicyclic amines) is 1. The monoisotopic (exact) mass is 479 g/mol. The number of aliphatic carboxylic acids is 1. The van der Waals surface area contributed by atoms with Gasteiger partial charge in [0, 0.05) is 25.0 Å². The van der Waals surface area contributed by atoms with Gasteiger partial charge in [0.05, 0.1) is 19.7 Å². The first-order valence-corrected chi connectivity index (χ1v) is 10.1. The summed E-state index contributed by atoms with van der Waals surface area (Å²) < 4.78 is 37.7. The summed E-state index contributed by atoms with van der Waals surface area (Å²) in [6, 6.07) is 7.32. The summed E-state index contributed by atoms with van der Waals surface area (Å²) in [5.41, 5.74) is 0.782. The molecule has 2 heterocycles. The fraction of sp³-hybridized carbons (Fsp3) is 0.550. The van der Waals surface area contributed by atoms with E-state index in [1.54, 1.807) is 7.05 Å². The van der Waals surface area contributed by atoms with Gasteiger partial charge in [0.15, 0.2) is 0 Å². The fourth-order valence-electron chi connectivity index (χ4n) is 3.51. The number of carboxylic acid groups (broad SMARTS) is 1. The minimum atomic E-state index is -5.08. The Hall–Kier alpha value is -2.37. The van der Waals surface area contributed by atoms with Crippen molar-refractivity contribution in [2.24, 2.45) is 0 Å². The van der Waals surface area contributed by atoms with Crippen LogP contribution in [0.15, 0.2) is 24.3 Å². The summed E-state index contributed by atoms with van der Waals surface area (Å²) in [6.07, 6.45) is -3.90. The number of alkyl halides is 3. The third kappa shape index (κ3) is 6.81. The van der Waals surface area contributed by atoms with Gasteiger partial charge in [-0.1, -0.05) is 23.7 Å². The van der Waals surface area contributed by atoms with Crippen molar-refractivity contribution in [3.63, 3.8) is 0 Å². The Morgan fingerprint density at radius 1 is 1.22 bits per heavy atom. The van der Waals surface area contributed by atoms with Gasteiger partial charge in [-0.2, -0.15) is 13.2 Å². The highest BCUT2D eigenvalue weighted by Gasteiger charge is 2.50. The number of carbonyl (C=O) groups is 3. The predicted molar refractivity (Wildman–Crippen MR) is 109 cm³/mol. The Balaban J connectivity index is 0.000000451. The van der Waals surface area contributed by atoms with Gasteiger partial charge in [-0.05, 0) is 31.2 Å². The number of morpholine rings is 1. The zero-order chi connectivity index (χ0) is 24.1. The van der Waals surface area contributed by atoms with E-state index in [1.165, 1.54) is 0 Å². The van der Waals surface area contributed by atoms with E-state index in [0.717, 1.165) is 5.56 Å². The number of carboxylic acids is 1. The molecule has 1 aromatic rings. The van der Waals surface area contributed by atoms with Crippen molar-refractivity contribution >= 4 is 29.4 Å². The number of nitrogens with one attached hydrogen (secondary N) is 1. The van der Waals surface area contributed by atoms with E-state index in [-0.39, 0.29) is 23.5 Å². The lowest BCUT2D eigenvalue weighted by Crippen LogP contribution is -2.73. The van der Waals surface area contributed by atoms with Gasteiger partial charge in [0.25, 0.3) is 0 Å². The normalized spacial score (nSPS) is 20.1. The SMILES string of the molecule is CNC(=O)C1COC2(CN(C(=O)CCc3ccc(Cl)cc3)C2)CN1C.O=C(O)C(F)(F)F. The Bertz CT molecular complexity index is 829. The summed E-state index contributed by atoms with van der Waals surface area (Å²) in [7, 11) is 3.56. The lowest BCUT2D eigenvalue weighted by Gasteiger charge is -2.54. The zero-order valence-electron chi connectivity index (χ0n) is 17.6. The third-order valence-corrected chi connectivity index (χ3v) is 5.51. The van der Waals surface area contributed by atoms with Crippen LogP contribution in [0.2, 0.25) is 5.02 Å². The minimum Gasteiger partial charge on any atom is -0.475 e. The van der Waals surface area contributed by atoms with E-state index in [9.17, 15) is 22.8 Å². The third-order valence-electron chi connectivity index (χ3n) is 5.26. The van der Waals surface area contributed by atoms with Crippen molar-refractivity contribution in [2.75, 3.05) is 40.3 Å². The summed E-state index contributed by atoms with van der Waals surface area (Å²) in [4.78, 5) is 36.9. The first kappa shape index (κ1) is 25.9. The van der Waals surface area contributed by atoms with Crippen LogP contribution in [-0.2, 0) is 25.5 Å². The molecule has 1 aromatic carbocycles. The van der Waals surface area contributed by atoms with E-state index < -0.39 is 12.1 Å². The van der Waals surface area contributed by atoms with Gasteiger partial charge in [-0.15, -0.1) is 0 Å². The summed E-state index contributed by atoms with van der Waals surface area (Å²) in [6.45, 7) is 2.21. The Kier molecular flexibility index (Phi) is 8.49. The Morgan fingerprint density at radius 2 is 1.78 bits per heavy atom. The molecule has 3 rings (SSSR count). The van der Waals surface area contributed by atoms with Gasteiger partial charge >= 0.3 is 12.1 Å². The molecule has 2 aliphatic rings. The number of hydrogen-bond acceptors (Lipinski definition) is 5. The van der Waals surface area contributed by atoms with E-state index >= 15 is 0 Å². The summed E-state index contributed by atoms with van der Waals surface area (Å²) >= 11 is 5.87. The smallest absolute Gasteiger partial charge is 0.475 e. The molecular weight excluding hydrogens is 455 g/mol. The zero-order valence-corrected chi connectivity index (χ0v) is 18.4. The van der Waals surface area contributed by atoms with Crippen LogP contribution in [0.1, 0.15) is 12.0 Å². The van der Waals surface area contributed by atoms with Crippen LogP contribution < -0.4 is 5.32 Å². The molecule has 0 saturated carbocycles. The number of nitrogens with zero attached hydrogens (tertiary/aromatic N) is 2. The van der Waals surface area contributed by atoms with Crippen LogP contribution in [0.4, 0.5) is 13.2 Å². The van der Waals surface area contributed by atoms with Gasteiger partial charge in [-0.3, -0.25) is 14.5 Å². The number of hydrogen-bond donors (Lipinski definition) is 2. The molecule has 8 nitrogen and oxygen atoms in total. The average molecular weight is 480 g/mol. The van der Waals surface area contributed by atoms with Crippen LogP contribution in [0.5, 0.6) is 0 Å². The number of aryl methyl sites for hydroxylation is 1. The number of rotatable bonds is 4. The molecule has 1 unspecified atom stereocenters. The summed E-state index contributed by atoms with van der Waals surface area (Å²) in [5, 5.41) is 10.5. The molecule has 0 aliphatic carbocycles. The highest BCUT2D eigenvalue weighted by atomic mass is 35.5. The van der Waals surface area contributed by atoms with Crippen molar-refractivity contribution in [3.8, 4) is 0 Å². The van der Waals surface area contributed by atoms with Gasteiger partial charge < -0.3 is 20.1 Å². The summed E-state index contributed by atoms with van der Waals surface area (Å²) in [5.74, 6) is -2.65. The van der Waals surface area contributed by atoms with E-state index in [0.29, 0.717) is 44.1 Å². The van der Waals surface area contributed by atoms with Crippen LogP contribution in [-0.4, -0.2) is 90.8 Å². The molecular formula is C20H25ClF3N3O5.